The number of ether oxygens (including phenoxy) is 1. The Bertz CT molecular complexity index is 657. The molecule has 134 valence electrons. The zero-order valence-corrected chi connectivity index (χ0v) is 14.4. The predicted octanol–water partition coefficient (Wildman–Crippen LogP) is 2.28. The molecule has 6 heteroatoms. The standard InChI is InChI=1S/C19H24N2O4/c1-21(11-16(22)13-23-14-17-8-5-9-24-17)12-18-10-19(20-25-18)15-6-3-2-4-7-15/h2-9,16,18,22H,10-14H2,1H3. The van der Waals surface area contributed by atoms with Crippen LogP contribution in [0.4, 0.5) is 0 Å². The number of furan rings is 1. The smallest absolute Gasteiger partial charge is 0.145 e. The van der Waals surface area contributed by atoms with Crippen molar-refractivity contribution in [3.05, 3.63) is 60.1 Å². The second kappa shape index (κ2) is 8.80. The monoisotopic (exact) mass is 344 g/mol. The van der Waals surface area contributed by atoms with Crippen LogP contribution < -0.4 is 0 Å². The third kappa shape index (κ3) is 5.42. The van der Waals surface area contributed by atoms with Crippen molar-refractivity contribution >= 4 is 5.71 Å². The second-order valence-corrected chi connectivity index (χ2v) is 6.31. The first-order chi connectivity index (χ1) is 12.2. The maximum atomic E-state index is 10.1. The minimum Gasteiger partial charge on any atom is -0.467 e. The Morgan fingerprint density at radius 3 is 2.88 bits per heavy atom. The SMILES string of the molecule is CN(CC(O)COCc1ccco1)CC1CC(c2ccccc2)=NO1. The van der Waals surface area contributed by atoms with Crippen molar-refractivity contribution in [2.24, 2.45) is 5.16 Å². The fourth-order valence-electron chi connectivity index (χ4n) is 2.85. The molecule has 0 fully saturated rings. The number of hydrogen-bond acceptors (Lipinski definition) is 6. The van der Waals surface area contributed by atoms with Crippen LogP contribution in [0.3, 0.4) is 0 Å². The number of oxime groups is 1. The van der Waals surface area contributed by atoms with Crippen LogP contribution in [0.5, 0.6) is 0 Å². The van der Waals surface area contributed by atoms with Gasteiger partial charge < -0.3 is 19.1 Å². The van der Waals surface area contributed by atoms with Gasteiger partial charge in [0.1, 0.15) is 18.5 Å². The summed E-state index contributed by atoms with van der Waals surface area (Å²) in [6.07, 6.45) is 1.84. The summed E-state index contributed by atoms with van der Waals surface area (Å²) >= 11 is 0. The number of hydrogen-bond donors (Lipinski definition) is 1. The Hall–Kier alpha value is -2.15. The lowest BCUT2D eigenvalue weighted by Crippen LogP contribution is -2.37. The predicted molar refractivity (Wildman–Crippen MR) is 94.3 cm³/mol. The molecule has 0 aliphatic carbocycles. The number of aliphatic hydroxyl groups is 1. The van der Waals surface area contributed by atoms with E-state index in [0.717, 1.165) is 23.5 Å². The van der Waals surface area contributed by atoms with Crippen molar-refractivity contribution in [1.82, 2.24) is 4.90 Å². The molecule has 2 aromatic rings. The van der Waals surface area contributed by atoms with Crippen LogP contribution in [-0.2, 0) is 16.2 Å². The van der Waals surface area contributed by atoms with E-state index in [1.54, 1.807) is 6.26 Å². The molecule has 0 spiro atoms. The molecule has 6 nitrogen and oxygen atoms in total. The summed E-state index contributed by atoms with van der Waals surface area (Å²) in [4.78, 5) is 7.56. The van der Waals surface area contributed by atoms with E-state index in [9.17, 15) is 5.11 Å². The average molecular weight is 344 g/mol. The van der Waals surface area contributed by atoms with E-state index in [0.29, 0.717) is 19.7 Å². The van der Waals surface area contributed by atoms with Crippen molar-refractivity contribution in [3.8, 4) is 0 Å². The quantitative estimate of drug-likeness (QED) is 0.756. The van der Waals surface area contributed by atoms with E-state index in [2.05, 4.69) is 5.16 Å². The van der Waals surface area contributed by atoms with E-state index in [4.69, 9.17) is 14.0 Å². The van der Waals surface area contributed by atoms with Crippen LogP contribution in [0.15, 0.2) is 58.3 Å². The van der Waals surface area contributed by atoms with Crippen LogP contribution in [0.1, 0.15) is 17.7 Å². The molecular formula is C19H24N2O4. The molecular weight excluding hydrogens is 320 g/mol. The van der Waals surface area contributed by atoms with Crippen LogP contribution in [0.25, 0.3) is 0 Å². The summed E-state index contributed by atoms with van der Waals surface area (Å²) in [5.74, 6) is 0.755. The Labute approximate surface area is 147 Å². The van der Waals surface area contributed by atoms with Gasteiger partial charge in [0.15, 0.2) is 0 Å². The van der Waals surface area contributed by atoms with Crippen molar-refractivity contribution in [2.75, 3.05) is 26.7 Å². The third-order valence-corrected chi connectivity index (χ3v) is 4.01. The van der Waals surface area contributed by atoms with Crippen molar-refractivity contribution < 1.29 is 19.1 Å². The fourth-order valence-corrected chi connectivity index (χ4v) is 2.85. The molecule has 3 rings (SSSR count). The number of likely N-dealkylation sites (N-methyl/N-ethyl adjacent to an activating group) is 1. The number of aliphatic hydroxyl groups excluding tert-OH is 1. The van der Waals surface area contributed by atoms with Gasteiger partial charge in [-0.1, -0.05) is 35.5 Å². The molecule has 0 saturated carbocycles. The lowest BCUT2D eigenvalue weighted by atomic mass is 10.1. The normalized spacial score (nSPS) is 18.2. The van der Waals surface area contributed by atoms with Gasteiger partial charge in [0, 0.05) is 19.5 Å². The minimum absolute atomic E-state index is 0.0106. The molecule has 0 saturated heterocycles. The molecule has 2 atom stereocenters. The lowest BCUT2D eigenvalue weighted by Gasteiger charge is -2.22. The van der Waals surface area contributed by atoms with Gasteiger partial charge in [0.25, 0.3) is 0 Å². The highest BCUT2D eigenvalue weighted by atomic mass is 16.6. The molecule has 1 aliphatic heterocycles. The molecule has 25 heavy (non-hydrogen) atoms. The fraction of sp³-hybridized carbons (Fsp3) is 0.421. The van der Waals surface area contributed by atoms with Crippen molar-refractivity contribution in [3.63, 3.8) is 0 Å². The average Bonchev–Trinajstić information content (AvgIpc) is 3.27. The third-order valence-electron chi connectivity index (χ3n) is 4.01. The number of rotatable bonds is 9. The molecule has 1 aromatic heterocycles. The van der Waals surface area contributed by atoms with E-state index >= 15 is 0 Å². The van der Waals surface area contributed by atoms with Gasteiger partial charge in [-0.15, -0.1) is 0 Å². The van der Waals surface area contributed by atoms with Gasteiger partial charge in [-0.3, -0.25) is 4.90 Å². The molecule has 1 N–H and O–H groups in total. The van der Waals surface area contributed by atoms with E-state index in [1.165, 1.54) is 0 Å². The Kier molecular flexibility index (Phi) is 6.22. The zero-order valence-electron chi connectivity index (χ0n) is 14.4. The molecule has 2 heterocycles. The maximum Gasteiger partial charge on any atom is 0.145 e. The van der Waals surface area contributed by atoms with E-state index in [-0.39, 0.29) is 12.7 Å². The summed E-state index contributed by atoms with van der Waals surface area (Å²) in [6, 6.07) is 13.7. The molecule has 1 aromatic carbocycles. The molecule has 0 bridgehead atoms. The topological polar surface area (TPSA) is 67.4 Å². The zero-order chi connectivity index (χ0) is 17.5. The van der Waals surface area contributed by atoms with Gasteiger partial charge in [0.05, 0.1) is 24.7 Å². The van der Waals surface area contributed by atoms with E-state index < -0.39 is 6.10 Å². The first-order valence-corrected chi connectivity index (χ1v) is 8.45. The summed E-state index contributed by atoms with van der Waals surface area (Å²) in [5.41, 5.74) is 2.07. The lowest BCUT2D eigenvalue weighted by molar-refractivity contribution is -0.00211. The largest absolute Gasteiger partial charge is 0.467 e. The Balaban J connectivity index is 1.34. The van der Waals surface area contributed by atoms with Gasteiger partial charge in [-0.2, -0.15) is 0 Å². The molecule has 2 unspecified atom stereocenters. The van der Waals surface area contributed by atoms with Crippen LogP contribution in [0.2, 0.25) is 0 Å². The van der Waals surface area contributed by atoms with Crippen LogP contribution in [0, 0.1) is 0 Å². The number of nitrogens with zero attached hydrogens (tertiary/aromatic N) is 2. The highest BCUT2D eigenvalue weighted by molar-refractivity contribution is 6.01. The summed E-state index contributed by atoms with van der Waals surface area (Å²) in [6.45, 7) is 1.85. The number of benzene rings is 1. The summed E-state index contributed by atoms with van der Waals surface area (Å²) < 4.78 is 10.6. The molecule has 0 radical (unpaired) electrons. The highest BCUT2D eigenvalue weighted by Gasteiger charge is 2.24. The van der Waals surface area contributed by atoms with Crippen LogP contribution in [-0.4, -0.2) is 54.7 Å². The van der Waals surface area contributed by atoms with Gasteiger partial charge >= 0.3 is 0 Å². The Morgan fingerprint density at radius 2 is 2.12 bits per heavy atom. The summed E-state index contributed by atoms with van der Waals surface area (Å²) in [7, 11) is 1.96. The first-order valence-electron chi connectivity index (χ1n) is 8.45. The first kappa shape index (κ1) is 17.7. The van der Waals surface area contributed by atoms with Gasteiger partial charge in [0.2, 0.25) is 0 Å². The second-order valence-electron chi connectivity index (χ2n) is 6.31. The van der Waals surface area contributed by atoms with Crippen molar-refractivity contribution in [2.45, 2.75) is 25.2 Å². The summed E-state index contributed by atoms with van der Waals surface area (Å²) in [5, 5.41) is 14.3. The molecule has 0 amide bonds. The highest BCUT2D eigenvalue weighted by Crippen LogP contribution is 2.17. The Morgan fingerprint density at radius 1 is 1.28 bits per heavy atom. The van der Waals surface area contributed by atoms with Crippen molar-refractivity contribution in [1.29, 1.82) is 0 Å². The van der Waals surface area contributed by atoms with Gasteiger partial charge in [-0.05, 0) is 24.7 Å². The minimum atomic E-state index is -0.559. The van der Waals surface area contributed by atoms with E-state index in [1.807, 2.05) is 54.4 Å². The van der Waals surface area contributed by atoms with Gasteiger partial charge in [-0.25, -0.2) is 0 Å². The maximum absolute atomic E-state index is 10.1. The van der Waals surface area contributed by atoms with Crippen LogP contribution >= 0.6 is 0 Å². The molecule has 1 aliphatic rings.